The molecule has 2 heteroatoms. The Labute approximate surface area is 140 Å². The number of unbranched alkanes of at least 4 members (excludes halogenated alkanes) is 14. The summed E-state index contributed by atoms with van der Waals surface area (Å²) in [6.45, 7) is 5.15. The molecule has 0 saturated heterocycles. The summed E-state index contributed by atoms with van der Waals surface area (Å²) in [6, 6.07) is 0. The summed E-state index contributed by atoms with van der Waals surface area (Å²) in [5.41, 5.74) is 0. The van der Waals surface area contributed by atoms with E-state index in [4.69, 9.17) is 9.84 Å². The molecule has 0 spiro atoms. The number of rotatable bonds is 18. The van der Waals surface area contributed by atoms with Crippen LogP contribution in [0.25, 0.3) is 0 Å². The van der Waals surface area contributed by atoms with Crippen molar-refractivity contribution in [2.75, 3.05) is 13.2 Å². The van der Waals surface area contributed by atoms with E-state index in [1.165, 1.54) is 89.9 Å². The third kappa shape index (κ3) is 18.0. The minimum Gasteiger partial charge on any atom is -0.394 e. The molecule has 0 saturated carbocycles. The highest BCUT2D eigenvalue weighted by molar-refractivity contribution is 4.50. The average molecular weight is 315 g/mol. The number of aliphatic hydroxyl groups excluding tert-OH is 1. The van der Waals surface area contributed by atoms with Crippen LogP contribution >= 0.6 is 0 Å². The minimum absolute atomic E-state index is 0.00615. The molecule has 22 heavy (non-hydrogen) atoms. The summed E-state index contributed by atoms with van der Waals surface area (Å²) in [5, 5.41) is 8.84. The van der Waals surface area contributed by atoms with Gasteiger partial charge in [0.2, 0.25) is 0 Å². The van der Waals surface area contributed by atoms with E-state index in [0.717, 1.165) is 13.0 Å². The predicted molar refractivity (Wildman–Crippen MR) is 97.4 cm³/mol. The standard InChI is InChI=1S/C20H42O2/c1-3-4-5-6-7-8-9-10-11-12-13-14-15-16-17-18-22-20(2)19-21/h20-21H,3-19H2,1-2H3. The summed E-state index contributed by atoms with van der Waals surface area (Å²) in [7, 11) is 0. The Bertz CT molecular complexity index is 194. The van der Waals surface area contributed by atoms with E-state index in [1.807, 2.05) is 6.92 Å². The van der Waals surface area contributed by atoms with Crippen molar-refractivity contribution in [3.8, 4) is 0 Å². The lowest BCUT2D eigenvalue weighted by atomic mass is 10.0. The van der Waals surface area contributed by atoms with Crippen molar-refractivity contribution in [2.24, 2.45) is 0 Å². The number of hydrogen-bond acceptors (Lipinski definition) is 2. The lowest BCUT2D eigenvalue weighted by Gasteiger charge is -2.09. The first-order chi connectivity index (χ1) is 10.8. The van der Waals surface area contributed by atoms with Gasteiger partial charge in [0, 0.05) is 6.61 Å². The maximum absolute atomic E-state index is 8.84. The van der Waals surface area contributed by atoms with Gasteiger partial charge in [0.15, 0.2) is 0 Å². The second kappa shape index (κ2) is 19.0. The Kier molecular flexibility index (Phi) is 18.9. The van der Waals surface area contributed by atoms with Crippen LogP contribution in [0.3, 0.4) is 0 Å². The molecule has 0 aliphatic heterocycles. The normalized spacial score (nSPS) is 12.7. The van der Waals surface area contributed by atoms with Crippen molar-refractivity contribution < 1.29 is 9.84 Å². The van der Waals surface area contributed by atoms with Gasteiger partial charge in [-0.1, -0.05) is 96.8 Å². The van der Waals surface area contributed by atoms with Crippen LogP contribution in [-0.2, 0) is 4.74 Å². The monoisotopic (exact) mass is 314 g/mol. The molecular weight excluding hydrogens is 272 g/mol. The van der Waals surface area contributed by atoms with Crippen molar-refractivity contribution >= 4 is 0 Å². The van der Waals surface area contributed by atoms with E-state index in [9.17, 15) is 0 Å². The predicted octanol–water partition coefficient (Wildman–Crippen LogP) is 6.26. The van der Waals surface area contributed by atoms with Crippen molar-refractivity contribution in [1.29, 1.82) is 0 Å². The van der Waals surface area contributed by atoms with E-state index >= 15 is 0 Å². The van der Waals surface area contributed by atoms with E-state index in [0.29, 0.717) is 0 Å². The van der Waals surface area contributed by atoms with Gasteiger partial charge in [0.1, 0.15) is 0 Å². The molecular formula is C20H42O2. The quantitative estimate of drug-likeness (QED) is 0.303. The Hall–Kier alpha value is -0.0800. The van der Waals surface area contributed by atoms with Crippen LogP contribution in [-0.4, -0.2) is 24.4 Å². The van der Waals surface area contributed by atoms with Gasteiger partial charge in [-0.15, -0.1) is 0 Å². The van der Waals surface area contributed by atoms with Crippen molar-refractivity contribution in [2.45, 2.75) is 116 Å². The van der Waals surface area contributed by atoms with Gasteiger partial charge in [-0.3, -0.25) is 0 Å². The van der Waals surface area contributed by atoms with E-state index in [1.54, 1.807) is 0 Å². The van der Waals surface area contributed by atoms with Gasteiger partial charge in [-0.25, -0.2) is 0 Å². The summed E-state index contributed by atoms with van der Waals surface area (Å²) in [6.07, 6.45) is 20.9. The smallest absolute Gasteiger partial charge is 0.0777 e. The van der Waals surface area contributed by atoms with Gasteiger partial charge in [0.05, 0.1) is 12.7 Å². The molecule has 0 amide bonds. The fourth-order valence-corrected chi connectivity index (χ4v) is 2.81. The van der Waals surface area contributed by atoms with E-state index in [-0.39, 0.29) is 12.7 Å². The van der Waals surface area contributed by atoms with Crippen LogP contribution in [0.4, 0.5) is 0 Å². The van der Waals surface area contributed by atoms with Crippen LogP contribution in [0.15, 0.2) is 0 Å². The Morgan fingerprint density at radius 1 is 0.636 bits per heavy atom. The molecule has 0 rings (SSSR count). The molecule has 1 atom stereocenters. The maximum atomic E-state index is 8.84. The zero-order chi connectivity index (χ0) is 16.3. The summed E-state index contributed by atoms with van der Waals surface area (Å²) in [5.74, 6) is 0. The number of ether oxygens (including phenoxy) is 1. The molecule has 0 aliphatic rings. The lowest BCUT2D eigenvalue weighted by molar-refractivity contribution is 0.0231. The van der Waals surface area contributed by atoms with Crippen LogP contribution in [0.1, 0.15) is 110 Å². The zero-order valence-corrected chi connectivity index (χ0v) is 15.5. The Morgan fingerprint density at radius 2 is 1.00 bits per heavy atom. The van der Waals surface area contributed by atoms with Gasteiger partial charge in [-0.2, -0.15) is 0 Å². The molecule has 0 heterocycles. The molecule has 0 radical (unpaired) electrons. The highest BCUT2D eigenvalue weighted by atomic mass is 16.5. The summed E-state index contributed by atoms with van der Waals surface area (Å²) in [4.78, 5) is 0. The molecule has 0 aromatic heterocycles. The van der Waals surface area contributed by atoms with E-state index in [2.05, 4.69) is 6.92 Å². The Morgan fingerprint density at radius 3 is 1.36 bits per heavy atom. The first kappa shape index (κ1) is 21.9. The first-order valence-corrected chi connectivity index (χ1v) is 10.0. The molecule has 0 aliphatic carbocycles. The third-order valence-electron chi connectivity index (χ3n) is 4.41. The van der Waals surface area contributed by atoms with Gasteiger partial charge in [-0.05, 0) is 13.3 Å². The van der Waals surface area contributed by atoms with Gasteiger partial charge in [0.25, 0.3) is 0 Å². The minimum atomic E-state index is 0.00615. The Balaban J connectivity index is 2.97. The molecule has 134 valence electrons. The SMILES string of the molecule is CCCCCCCCCCCCCCCCCOC(C)CO. The first-order valence-electron chi connectivity index (χ1n) is 10.0. The van der Waals surface area contributed by atoms with Crippen molar-refractivity contribution in [3.05, 3.63) is 0 Å². The van der Waals surface area contributed by atoms with Gasteiger partial charge >= 0.3 is 0 Å². The zero-order valence-electron chi connectivity index (χ0n) is 15.5. The second-order valence-electron chi connectivity index (χ2n) is 6.81. The average Bonchev–Trinajstić information content (AvgIpc) is 2.54. The van der Waals surface area contributed by atoms with Crippen molar-refractivity contribution in [3.63, 3.8) is 0 Å². The highest BCUT2D eigenvalue weighted by Gasteiger charge is 1.98. The molecule has 0 aromatic carbocycles. The van der Waals surface area contributed by atoms with Crippen LogP contribution in [0, 0.1) is 0 Å². The topological polar surface area (TPSA) is 29.5 Å². The van der Waals surface area contributed by atoms with Crippen LogP contribution in [0.5, 0.6) is 0 Å². The molecule has 1 N–H and O–H groups in total. The largest absolute Gasteiger partial charge is 0.394 e. The van der Waals surface area contributed by atoms with Crippen LogP contribution in [0.2, 0.25) is 0 Å². The lowest BCUT2D eigenvalue weighted by Crippen LogP contribution is -2.13. The molecule has 0 aromatic rings. The van der Waals surface area contributed by atoms with E-state index < -0.39 is 0 Å². The number of hydrogen-bond donors (Lipinski definition) is 1. The van der Waals surface area contributed by atoms with Gasteiger partial charge < -0.3 is 9.84 Å². The molecule has 0 fully saturated rings. The molecule has 2 nitrogen and oxygen atoms in total. The fourth-order valence-electron chi connectivity index (χ4n) is 2.81. The fraction of sp³-hybridized carbons (Fsp3) is 1.00. The molecule has 0 bridgehead atoms. The second-order valence-corrected chi connectivity index (χ2v) is 6.81. The number of aliphatic hydroxyl groups is 1. The highest BCUT2D eigenvalue weighted by Crippen LogP contribution is 2.13. The van der Waals surface area contributed by atoms with Crippen LogP contribution < -0.4 is 0 Å². The maximum Gasteiger partial charge on any atom is 0.0777 e. The third-order valence-corrected chi connectivity index (χ3v) is 4.41. The molecule has 1 unspecified atom stereocenters. The summed E-state index contributed by atoms with van der Waals surface area (Å²) < 4.78 is 5.45. The van der Waals surface area contributed by atoms with Crippen molar-refractivity contribution in [1.82, 2.24) is 0 Å². The summed E-state index contributed by atoms with van der Waals surface area (Å²) >= 11 is 0.